The lowest BCUT2D eigenvalue weighted by molar-refractivity contribution is 0.414. The van der Waals surface area contributed by atoms with E-state index in [0.29, 0.717) is 0 Å². The minimum Gasteiger partial charge on any atom is -0.497 e. The van der Waals surface area contributed by atoms with Gasteiger partial charge in [-0.15, -0.1) is 0 Å². The van der Waals surface area contributed by atoms with E-state index in [2.05, 4.69) is 81.9 Å². The maximum Gasteiger partial charge on any atom is 0.129 e. The molecule has 0 aliphatic carbocycles. The van der Waals surface area contributed by atoms with Crippen molar-refractivity contribution in [2.75, 3.05) is 18.6 Å². The van der Waals surface area contributed by atoms with E-state index in [1.165, 1.54) is 39.2 Å². The van der Waals surface area contributed by atoms with Gasteiger partial charge in [0.1, 0.15) is 21.4 Å². The third-order valence-electron chi connectivity index (χ3n) is 6.95. The molecule has 0 amide bonds. The number of pyridine rings is 1. The van der Waals surface area contributed by atoms with Gasteiger partial charge in [0.15, 0.2) is 0 Å². The van der Waals surface area contributed by atoms with Crippen molar-refractivity contribution in [2.24, 2.45) is 0 Å². The van der Waals surface area contributed by atoms with Crippen molar-refractivity contribution < 1.29 is 4.74 Å². The molecule has 7 heteroatoms. The predicted molar refractivity (Wildman–Crippen MR) is 136 cm³/mol. The number of benzene rings is 2. The molecule has 5 nitrogen and oxygen atoms in total. The minimum atomic E-state index is -0.184. The van der Waals surface area contributed by atoms with Crippen molar-refractivity contribution in [3.63, 3.8) is 0 Å². The maximum absolute atomic E-state index is 5.52. The molecular formula is C25H28B2N4O. The second kappa shape index (κ2) is 7.44. The van der Waals surface area contributed by atoms with E-state index >= 15 is 0 Å². The van der Waals surface area contributed by atoms with Crippen LogP contribution in [0.5, 0.6) is 5.75 Å². The van der Waals surface area contributed by atoms with Gasteiger partial charge in [0.25, 0.3) is 0 Å². The number of nitrogens with one attached hydrogen (secondary N) is 1. The molecule has 0 bridgehead atoms. The predicted octanol–water partition coefficient (Wildman–Crippen LogP) is 3.00. The summed E-state index contributed by atoms with van der Waals surface area (Å²) >= 11 is 0. The zero-order valence-corrected chi connectivity index (χ0v) is 19.7. The van der Waals surface area contributed by atoms with Gasteiger partial charge in [-0.2, -0.15) is 5.10 Å². The first-order chi connectivity index (χ1) is 15.3. The molecule has 5 rings (SSSR count). The molecule has 1 aliphatic rings. The van der Waals surface area contributed by atoms with Gasteiger partial charge < -0.3 is 9.64 Å². The minimum absolute atomic E-state index is 0.184. The molecule has 1 aliphatic heterocycles. The second-order valence-electron chi connectivity index (χ2n) is 9.35. The first-order valence-electron chi connectivity index (χ1n) is 11.2. The van der Waals surface area contributed by atoms with Crippen molar-refractivity contribution in [3.05, 3.63) is 70.5 Å². The highest BCUT2D eigenvalue weighted by Gasteiger charge is 2.37. The summed E-state index contributed by atoms with van der Waals surface area (Å²) in [5, 5.41) is 8.29. The SMILES string of the molecule is BC1(B)c2c(C)cc(-c3c(C)ccc4[nH]ncc34)nc2CCN1c1cc(OC)ccc1C. The molecule has 3 heterocycles. The Morgan fingerprint density at radius 2 is 1.81 bits per heavy atom. The molecule has 0 spiro atoms. The molecule has 0 saturated heterocycles. The van der Waals surface area contributed by atoms with Crippen LogP contribution < -0.4 is 9.64 Å². The summed E-state index contributed by atoms with van der Waals surface area (Å²) in [6.07, 6.45) is 2.82. The summed E-state index contributed by atoms with van der Waals surface area (Å²) in [7, 11) is 6.34. The lowest BCUT2D eigenvalue weighted by Gasteiger charge is -2.47. The van der Waals surface area contributed by atoms with Gasteiger partial charge in [0.05, 0.1) is 24.5 Å². The summed E-state index contributed by atoms with van der Waals surface area (Å²) < 4.78 is 5.52. The van der Waals surface area contributed by atoms with Crippen molar-refractivity contribution in [3.8, 4) is 17.0 Å². The first kappa shape index (κ1) is 20.7. The lowest BCUT2D eigenvalue weighted by atomic mass is 9.54. The van der Waals surface area contributed by atoms with Crippen molar-refractivity contribution >= 4 is 32.3 Å². The Morgan fingerprint density at radius 1 is 1.03 bits per heavy atom. The van der Waals surface area contributed by atoms with Crippen molar-refractivity contribution in [2.45, 2.75) is 32.5 Å². The number of ether oxygens (including phenoxy) is 1. The van der Waals surface area contributed by atoms with Crippen LogP contribution in [0.4, 0.5) is 5.69 Å². The third-order valence-corrected chi connectivity index (χ3v) is 6.95. The first-order valence-corrected chi connectivity index (χ1v) is 11.2. The highest BCUT2D eigenvalue weighted by atomic mass is 16.5. The van der Waals surface area contributed by atoms with Crippen LogP contribution in [0.3, 0.4) is 0 Å². The highest BCUT2D eigenvalue weighted by molar-refractivity contribution is 6.42. The molecule has 32 heavy (non-hydrogen) atoms. The van der Waals surface area contributed by atoms with Crippen LogP contribution in [-0.2, 0) is 11.8 Å². The van der Waals surface area contributed by atoms with Crippen molar-refractivity contribution in [1.29, 1.82) is 0 Å². The Bertz CT molecular complexity index is 1350. The number of anilines is 1. The Balaban J connectivity index is 1.64. The number of nitrogens with zero attached hydrogens (tertiary/aromatic N) is 3. The van der Waals surface area contributed by atoms with Gasteiger partial charge in [-0.05, 0) is 61.2 Å². The van der Waals surface area contributed by atoms with Crippen LogP contribution in [-0.4, -0.2) is 44.5 Å². The zero-order valence-electron chi connectivity index (χ0n) is 19.7. The highest BCUT2D eigenvalue weighted by Crippen LogP contribution is 2.40. The number of aromatic nitrogens is 3. The number of hydrogen-bond donors (Lipinski definition) is 1. The van der Waals surface area contributed by atoms with Gasteiger partial charge in [-0.3, -0.25) is 10.1 Å². The number of rotatable bonds is 3. The molecule has 0 fully saturated rings. The molecule has 160 valence electrons. The number of aromatic amines is 1. The van der Waals surface area contributed by atoms with Crippen LogP contribution in [0, 0.1) is 20.8 Å². The Labute approximate surface area is 191 Å². The molecule has 0 unspecified atom stereocenters. The Kier molecular flexibility index (Phi) is 4.81. The molecule has 0 radical (unpaired) electrons. The van der Waals surface area contributed by atoms with Crippen LogP contribution in [0.1, 0.15) is 27.9 Å². The zero-order chi connectivity index (χ0) is 22.6. The molecular weight excluding hydrogens is 394 g/mol. The standard InChI is InChI=1S/C25H28B2N4O/c1-14-5-7-17(32-4)12-22(14)31-10-9-20-24(25(31,26)27)16(3)11-21(29-20)23-15(2)6-8-19-18(23)13-28-30-19/h5-8,11-13H,9-10,26-27H2,1-4H3,(H,28,30). The number of fused-ring (bicyclic) bond motifs is 2. The molecule has 4 aromatic rings. The summed E-state index contributed by atoms with van der Waals surface area (Å²) in [5.41, 5.74) is 10.7. The average molecular weight is 422 g/mol. The van der Waals surface area contributed by atoms with E-state index in [1.807, 2.05) is 12.3 Å². The topological polar surface area (TPSA) is 54.0 Å². The smallest absolute Gasteiger partial charge is 0.129 e. The molecule has 2 aromatic carbocycles. The lowest BCUT2D eigenvalue weighted by Crippen LogP contribution is -2.53. The second-order valence-corrected chi connectivity index (χ2v) is 9.35. The molecule has 0 saturated carbocycles. The van der Waals surface area contributed by atoms with E-state index in [4.69, 9.17) is 9.72 Å². The normalized spacial score (nSPS) is 15.1. The fraction of sp³-hybridized carbons (Fsp3) is 0.280. The number of methoxy groups -OCH3 is 1. The largest absolute Gasteiger partial charge is 0.497 e. The van der Waals surface area contributed by atoms with E-state index in [0.717, 1.165) is 35.3 Å². The van der Waals surface area contributed by atoms with Crippen LogP contribution in [0.25, 0.3) is 22.2 Å². The summed E-state index contributed by atoms with van der Waals surface area (Å²) in [6.45, 7) is 7.45. The van der Waals surface area contributed by atoms with Gasteiger partial charge >= 0.3 is 0 Å². The molecule has 0 atom stereocenters. The maximum atomic E-state index is 5.52. The van der Waals surface area contributed by atoms with E-state index in [9.17, 15) is 0 Å². The molecule has 2 aromatic heterocycles. The fourth-order valence-electron chi connectivity index (χ4n) is 5.41. The van der Waals surface area contributed by atoms with Crippen molar-refractivity contribution in [1.82, 2.24) is 15.2 Å². The van der Waals surface area contributed by atoms with Gasteiger partial charge in [-0.25, -0.2) is 0 Å². The average Bonchev–Trinajstić information content (AvgIpc) is 3.22. The van der Waals surface area contributed by atoms with Crippen LogP contribution >= 0.6 is 0 Å². The van der Waals surface area contributed by atoms with Crippen LogP contribution in [0.2, 0.25) is 0 Å². The Morgan fingerprint density at radius 3 is 2.59 bits per heavy atom. The summed E-state index contributed by atoms with van der Waals surface area (Å²) in [4.78, 5) is 7.73. The Hall–Kier alpha value is -3.21. The van der Waals surface area contributed by atoms with E-state index < -0.39 is 0 Å². The van der Waals surface area contributed by atoms with E-state index in [-0.39, 0.29) is 5.34 Å². The quantitative estimate of drug-likeness (QED) is 0.516. The molecule has 1 N–H and O–H groups in total. The van der Waals surface area contributed by atoms with Gasteiger partial charge in [-0.1, -0.05) is 12.1 Å². The van der Waals surface area contributed by atoms with Gasteiger partial charge in [0.2, 0.25) is 0 Å². The third kappa shape index (κ3) is 3.10. The number of aryl methyl sites for hydroxylation is 3. The fourth-order valence-corrected chi connectivity index (χ4v) is 5.41. The number of H-pyrrole nitrogens is 1. The van der Waals surface area contributed by atoms with E-state index in [1.54, 1.807) is 7.11 Å². The summed E-state index contributed by atoms with van der Waals surface area (Å²) in [5.74, 6) is 0.890. The van der Waals surface area contributed by atoms with Gasteiger partial charge in [0, 0.05) is 46.7 Å². The van der Waals surface area contributed by atoms with Crippen LogP contribution in [0.15, 0.2) is 42.6 Å². The number of hydrogen-bond acceptors (Lipinski definition) is 4. The monoisotopic (exact) mass is 422 g/mol. The summed E-state index contributed by atoms with van der Waals surface area (Å²) in [6, 6.07) is 12.8.